The van der Waals surface area contributed by atoms with Crippen molar-refractivity contribution in [2.75, 3.05) is 5.32 Å². The number of para-hydroxylation sites is 1. The minimum Gasteiger partial charge on any atom is -0.321 e. The molecule has 1 aromatic heterocycles. The minimum atomic E-state index is -0.231. The van der Waals surface area contributed by atoms with Gasteiger partial charge in [-0.3, -0.25) is 4.79 Å². The molecule has 1 N–H and O–H groups in total. The molecule has 0 aliphatic heterocycles. The van der Waals surface area contributed by atoms with Crippen LogP contribution in [0.4, 0.5) is 5.69 Å². The number of nitrogens with one attached hydrogen (secondary N) is 1. The Morgan fingerprint density at radius 2 is 1.86 bits per heavy atom. The molecule has 0 atom stereocenters. The highest BCUT2D eigenvalue weighted by molar-refractivity contribution is 7.09. The molecule has 0 radical (unpaired) electrons. The number of nitrogens with zero attached hydrogens (tertiary/aromatic N) is 1. The molecule has 0 saturated carbocycles. The predicted octanol–water partition coefficient (Wildman–Crippen LogP) is 5.02. The van der Waals surface area contributed by atoms with E-state index < -0.39 is 0 Å². The number of aryl methyl sites for hydroxylation is 1. The molecular weight excluding hydrogens is 316 g/mol. The van der Waals surface area contributed by atoms with Crippen LogP contribution in [-0.2, 0) is 0 Å². The average molecular weight is 329 g/mol. The maximum atomic E-state index is 12.4. The molecule has 110 valence electrons. The first kappa shape index (κ1) is 14.8. The van der Waals surface area contributed by atoms with Gasteiger partial charge in [0.1, 0.15) is 0 Å². The maximum Gasteiger partial charge on any atom is 0.257 e. The molecule has 0 aliphatic carbocycles. The lowest BCUT2D eigenvalue weighted by Crippen LogP contribution is -2.13. The fourth-order valence-corrected chi connectivity index (χ4v) is 2.97. The summed E-state index contributed by atoms with van der Waals surface area (Å²) in [6.45, 7) is 1.96. The standard InChI is InChI=1S/C17H13ClN2OS/c1-11-19-16(10-22-11)13-7-3-5-9-15(13)20-17(21)12-6-2-4-8-14(12)18/h2-10H,1H3,(H,20,21). The molecule has 3 aromatic rings. The van der Waals surface area contributed by atoms with Crippen LogP contribution in [0, 0.1) is 6.92 Å². The number of rotatable bonds is 3. The maximum absolute atomic E-state index is 12.4. The molecule has 0 aliphatic rings. The number of thiazole rings is 1. The zero-order valence-electron chi connectivity index (χ0n) is 11.8. The van der Waals surface area contributed by atoms with Crippen LogP contribution in [0.5, 0.6) is 0 Å². The number of aromatic nitrogens is 1. The van der Waals surface area contributed by atoms with E-state index in [4.69, 9.17) is 11.6 Å². The number of amides is 1. The van der Waals surface area contributed by atoms with Gasteiger partial charge in [-0.1, -0.05) is 41.9 Å². The quantitative estimate of drug-likeness (QED) is 0.733. The van der Waals surface area contributed by atoms with Crippen molar-refractivity contribution in [3.8, 4) is 11.3 Å². The summed E-state index contributed by atoms with van der Waals surface area (Å²) >= 11 is 7.65. The second-order valence-electron chi connectivity index (χ2n) is 4.73. The number of benzene rings is 2. The summed E-state index contributed by atoms with van der Waals surface area (Å²) in [5.74, 6) is -0.231. The second kappa shape index (κ2) is 6.30. The third-order valence-corrected chi connectivity index (χ3v) is 4.29. The Kier molecular flexibility index (Phi) is 4.22. The minimum absolute atomic E-state index is 0.231. The number of halogens is 1. The third kappa shape index (κ3) is 3.03. The van der Waals surface area contributed by atoms with Crippen LogP contribution in [-0.4, -0.2) is 10.9 Å². The Hall–Kier alpha value is -2.17. The first-order valence-electron chi connectivity index (χ1n) is 6.72. The lowest BCUT2D eigenvalue weighted by atomic mass is 10.1. The molecule has 0 spiro atoms. The summed E-state index contributed by atoms with van der Waals surface area (Å²) in [5.41, 5.74) is 2.93. The van der Waals surface area contributed by atoms with E-state index in [2.05, 4.69) is 10.3 Å². The Balaban J connectivity index is 1.93. The van der Waals surface area contributed by atoms with E-state index in [1.807, 2.05) is 36.6 Å². The summed E-state index contributed by atoms with van der Waals surface area (Å²) in [7, 11) is 0. The number of anilines is 1. The van der Waals surface area contributed by atoms with Crippen molar-refractivity contribution in [2.45, 2.75) is 6.92 Å². The zero-order chi connectivity index (χ0) is 15.5. The Labute approximate surface area is 137 Å². The van der Waals surface area contributed by atoms with Gasteiger partial charge in [-0.05, 0) is 25.1 Å². The Morgan fingerprint density at radius 3 is 2.59 bits per heavy atom. The summed E-state index contributed by atoms with van der Waals surface area (Å²) in [6.07, 6.45) is 0. The van der Waals surface area contributed by atoms with E-state index in [1.54, 1.807) is 35.6 Å². The molecule has 3 nitrogen and oxygen atoms in total. The smallest absolute Gasteiger partial charge is 0.257 e. The van der Waals surface area contributed by atoms with Crippen molar-refractivity contribution in [3.63, 3.8) is 0 Å². The van der Waals surface area contributed by atoms with Gasteiger partial charge in [0, 0.05) is 10.9 Å². The SMILES string of the molecule is Cc1nc(-c2ccccc2NC(=O)c2ccccc2Cl)cs1. The van der Waals surface area contributed by atoms with Crippen molar-refractivity contribution in [1.29, 1.82) is 0 Å². The van der Waals surface area contributed by atoms with E-state index in [0.29, 0.717) is 10.6 Å². The molecule has 0 fully saturated rings. The zero-order valence-corrected chi connectivity index (χ0v) is 13.4. The molecule has 22 heavy (non-hydrogen) atoms. The molecular formula is C17H13ClN2OS. The van der Waals surface area contributed by atoms with Crippen LogP contribution in [0.1, 0.15) is 15.4 Å². The molecule has 0 bridgehead atoms. The predicted molar refractivity (Wildman–Crippen MR) is 91.7 cm³/mol. The first-order chi connectivity index (χ1) is 10.6. The van der Waals surface area contributed by atoms with Crippen molar-refractivity contribution in [1.82, 2.24) is 4.98 Å². The molecule has 3 rings (SSSR count). The number of hydrogen-bond acceptors (Lipinski definition) is 3. The van der Waals surface area contributed by atoms with Crippen molar-refractivity contribution >= 4 is 34.5 Å². The van der Waals surface area contributed by atoms with Gasteiger partial charge >= 0.3 is 0 Å². The van der Waals surface area contributed by atoms with E-state index >= 15 is 0 Å². The van der Waals surface area contributed by atoms with Gasteiger partial charge in [-0.15, -0.1) is 11.3 Å². The summed E-state index contributed by atoms with van der Waals surface area (Å²) in [6, 6.07) is 14.6. The van der Waals surface area contributed by atoms with Crippen LogP contribution >= 0.6 is 22.9 Å². The van der Waals surface area contributed by atoms with Crippen molar-refractivity contribution in [3.05, 3.63) is 69.5 Å². The van der Waals surface area contributed by atoms with Gasteiger partial charge in [-0.2, -0.15) is 0 Å². The molecule has 1 heterocycles. The summed E-state index contributed by atoms with van der Waals surface area (Å²) in [5, 5.41) is 6.32. The molecule has 1 amide bonds. The van der Waals surface area contributed by atoms with E-state index in [9.17, 15) is 4.79 Å². The summed E-state index contributed by atoms with van der Waals surface area (Å²) < 4.78 is 0. The van der Waals surface area contributed by atoms with Gasteiger partial charge in [0.25, 0.3) is 5.91 Å². The highest BCUT2D eigenvalue weighted by Crippen LogP contribution is 2.29. The van der Waals surface area contributed by atoms with Crippen LogP contribution < -0.4 is 5.32 Å². The van der Waals surface area contributed by atoms with Gasteiger partial charge < -0.3 is 5.32 Å². The fourth-order valence-electron chi connectivity index (χ4n) is 2.14. The van der Waals surface area contributed by atoms with Crippen LogP contribution in [0.3, 0.4) is 0 Å². The number of hydrogen-bond donors (Lipinski definition) is 1. The van der Waals surface area contributed by atoms with Crippen LogP contribution in [0.25, 0.3) is 11.3 Å². The molecule has 0 unspecified atom stereocenters. The van der Waals surface area contributed by atoms with Crippen LogP contribution in [0.2, 0.25) is 5.02 Å². The van der Waals surface area contributed by atoms with Crippen molar-refractivity contribution in [2.24, 2.45) is 0 Å². The Bertz CT molecular complexity index is 829. The van der Waals surface area contributed by atoms with E-state index in [1.165, 1.54) is 0 Å². The second-order valence-corrected chi connectivity index (χ2v) is 6.20. The monoisotopic (exact) mass is 328 g/mol. The Morgan fingerprint density at radius 1 is 1.14 bits per heavy atom. The fraction of sp³-hybridized carbons (Fsp3) is 0.0588. The largest absolute Gasteiger partial charge is 0.321 e. The molecule has 0 saturated heterocycles. The van der Waals surface area contributed by atoms with Gasteiger partial charge in [0.2, 0.25) is 0 Å². The number of carbonyl (C=O) groups is 1. The highest BCUT2D eigenvalue weighted by Gasteiger charge is 2.13. The third-order valence-electron chi connectivity index (χ3n) is 3.19. The van der Waals surface area contributed by atoms with E-state index in [0.717, 1.165) is 22.0 Å². The van der Waals surface area contributed by atoms with Crippen molar-refractivity contribution < 1.29 is 4.79 Å². The first-order valence-corrected chi connectivity index (χ1v) is 7.98. The summed E-state index contributed by atoms with van der Waals surface area (Å²) in [4.78, 5) is 16.9. The lowest BCUT2D eigenvalue weighted by molar-refractivity contribution is 0.102. The highest BCUT2D eigenvalue weighted by atomic mass is 35.5. The normalized spacial score (nSPS) is 10.5. The lowest BCUT2D eigenvalue weighted by Gasteiger charge is -2.10. The average Bonchev–Trinajstić information content (AvgIpc) is 2.94. The molecule has 5 heteroatoms. The van der Waals surface area contributed by atoms with E-state index in [-0.39, 0.29) is 5.91 Å². The molecule has 2 aromatic carbocycles. The number of carbonyl (C=O) groups excluding carboxylic acids is 1. The topological polar surface area (TPSA) is 42.0 Å². The van der Waals surface area contributed by atoms with Crippen LogP contribution in [0.15, 0.2) is 53.9 Å². The van der Waals surface area contributed by atoms with Gasteiger partial charge in [0.05, 0.1) is 27.0 Å². The van der Waals surface area contributed by atoms with Gasteiger partial charge in [0.15, 0.2) is 0 Å². The van der Waals surface area contributed by atoms with Gasteiger partial charge in [-0.25, -0.2) is 4.98 Å².